The molecule has 1 aliphatic heterocycles. The number of carbonyl (C=O) groups is 3. The van der Waals surface area contributed by atoms with Crippen LogP contribution in [0.15, 0.2) is 60.7 Å². The second kappa shape index (κ2) is 9.37. The van der Waals surface area contributed by atoms with Gasteiger partial charge in [-0.15, -0.1) is 0 Å². The van der Waals surface area contributed by atoms with Crippen molar-refractivity contribution in [2.45, 2.75) is 32.2 Å². The molecular weight excluding hydrogens is 370 g/mol. The molecule has 2 amide bonds. The van der Waals surface area contributed by atoms with Crippen LogP contribution < -0.4 is 0 Å². The molecule has 152 valence electrons. The van der Waals surface area contributed by atoms with Crippen LogP contribution in [0.2, 0.25) is 0 Å². The number of ether oxygens (including phenoxy) is 2. The Bertz CT molecular complexity index is 813. The quantitative estimate of drug-likeness (QED) is 0.668. The van der Waals surface area contributed by atoms with Gasteiger partial charge in [0.2, 0.25) is 5.91 Å². The molecule has 0 unspecified atom stereocenters. The van der Waals surface area contributed by atoms with Crippen molar-refractivity contribution < 1.29 is 23.9 Å². The van der Waals surface area contributed by atoms with Crippen molar-refractivity contribution in [2.75, 3.05) is 13.2 Å². The number of esters is 1. The largest absolute Gasteiger partial charge is 0.466 e. The van der Waals surface area contributed by atoms with Crippen molar-refractivity contribution >= 4 is 18.0 Å². The van der Waals surface area contributed by atoms with Gasteiger partial charge in [-0.3, -0.25) is 9.59 Å². The average Bonchev–Trinajstić information content (AvgIpc) is 3.09. The Morgan fingerprint density at radius 2 is 1.62 bits per heavy atom. The van der Waals surface area contributed by atoms with E-state index >= 15 is 0 Å². The second-order valence-corrected chi connectivity index (χ2v) is 7.32. The fraction of sp³-hybridized carbons (Fsp3) is 0.348. The van der Waals surface area contributed by atoms with E-state index in [1.807, 2.05) is 67.6 Å². The van der Waals surface area contributed by atoms with Crippen LogP contribution in [0.3, 0.4) is 0 Å². The highest BCUT2D eigenvalue weighted by Crippen LogP contribution is 2.34. The van der Waals surface area contributed by atoms with E-state index in [1.165, 1.54) is 11.8 Å². The summed E-state index contributed by atoms with van der Waals surface area (Å²) in [5.41, 5.74) is 2.01. The zero-order valence-corrected chi connectivity index (χ0v) is 16.6. The van der Waals surface area contributed by atoms with Crippen LogP contribution in [0.4, 0.5) is 4.79 Å². The van der Waals surface area contributed by atoms with E-state index in [0.29, 0.717) is 0 Å². The summed E-state index contributed by atoms with van der Waals surface area (Å²) in [6.45, 7) is 3.41. The topological polar surface area (TPSA) is 72.9 Å². The maximum atomic E-state index is 13.0. The molecule has 0 saturated carbocycles. The fourth-order valence-electron chi connectivity index (χ4n) is 3.64. The maximum Gasteiger partial charge on any atom is 0.417 e. The minimum absolute atomic E-state index is 0.0924. The van der Waals surface area contributed by atoms with Gasteiger partial charge in [-0.2, -0.15) is 0 Å². The van der Waals surface area contributed by atoms with Crippen LogP contribution in [0.1, 0.15) is 37.3 Å². The van der Waals surface area contributed by atoms with Crippen LogP contribution >= 0.6 is 0 Å². The standard InChI is InChI=1S/C23H25NO5/c1-16(14-28-17(2)25)13-21(26)24-20(15-29-23(24)27)22(18-9-5-3-6-10-18)19-11-7-4-8-12-19/h3-12,16,20,22H,13-15H2,1-2H3/t16-,20-/m0/s1. The van der Waals surface area contributed by atoms with Crippen molar-refractivity contribution in [1.29, 1.82) is 0 Å². The van der Waals surface area contributed by atoms with E-state index in [-0.39, 0.29) is 37.4 Å². The fourth-order valence-corrected chi connectivity index (χ4v) is 3.64. The Hall–Kier alpha value is -3.15. The van der Waals surface area contributed by atoms with Crippen LogP contribution in [-0.2, 0) is 19.1 Å². The third kappa shape index (κ3) is 5.02. The number of hydrogen-bond acceptors (Lipinski definition) is 5. The van der Waals surface area contributed by atoms with Crippen molar-refractivity contribution in [3.8, 4) is 0 Å². The average molecular weight is 395 g/mol. The van der Waals surface area contributed by atoms with Crippen molar-refractivity contribution in [3.05, 3.63) is 71.8 Å². The molecule has 0 N–H and O–H groups in total. The van der Waals surface area contributed by atoms with E-state index in [4.69, 9.17) is 9.47 Å². The lowest BCUT2D eigenvalue weighted by atomic mass is 9.84. The zero-order chi connectivity index (χ0) is 20.8. The Morgan fingerprint density at radius 3 is 2.14 bits per heavy atom. The number of cyclic esters (lactones) is 1. The van der Waals surface area contributed by atoms with Gasteiger partial charge < -0.3 is 9.47 Å². The summed E-state index contributed by atoms with van der Waals surface area (Å²) in [6, 6.07) is 19.2. The predicted molar refractivity (Wildman–Crippen MR) is 107 cm³/mol. The molecule has 3 rings (SSSR count). The molecule has 1 fully saturated rings. The lowest BCUT2D eigenvalue weighted by Crippen LogP contribution is -2.43. The summed E-state index contributed by atoms with van der Waals surface area (Å²) in [7, 11) is 0. The molecule has 29 heavy (non-hydrogen) atoms. The molecule has 2 aromatic rings. The molecule has 2 aromatic carbocycles. The first kappa shape index (κ1) is 20.6. The van der Waals surface area contributed by atoms with Crippen molar-refractivity contribution in [3.63, 3.8) is 0 Å². The van der Waals surface area contributed by atoms with Gasteiger partial charge in [-0.1, -0.05) is 67.6 Å². The number of imide groups is 1. The minimum atomic E-state index is -0.628. The van der Waals surface area contributed by atoms with E-state index in [0.717, 1.165) is 11.1 Å². The number of carbonyl (C=O) groups excluding carboxylic acids is 3. The number of benzene rings is 2. The minimum Gasteiger partial charge on any atom is -0.466 e. The first-order valence-corrected chi connectivity index (χ1v) is 9.69. The van der Waals surface area contributed by atoms with Gasteiger partial charge in [-0.05, 0) is 17.0 Å². The van der Waals surface area contributed by atoms with Crippen molar-refractivity contribution in [1.82, 2.24) is 4.90 Å². The highest BCUT2D eigenvalue weighted by Gasteiger charge is 2.43. The summed E-state index contributed by atoms with van der Waals surface area (Å²) >= 11 is 0. The molecule has 1 saturated heterocycles. The third-order valence-electron chi connectivity index (χ3n) is 4.97. The number of rotatable bonds is 7. The van der Waals surface area contributed by atoms with Gasteiger partial charge in [0.1, 0.15) is 6.61 Å². The van der Waals surface area contributed by atoms with Gasteiger partial charge in [0.05, 0.1) is 12.6 Å². The highest BCUT2D eigenvalue weighted by atomic mass is 16.6. The molecule has 0 spiro atoms. The van der Waals surface area contributed by atoms with Crippen molar-refractivity contribution in [2.24, 2.45) is 5.92 Å². The summed E-state index contributed by atoms with van der Waals surface area (Å²) in [5.74, 6) is -1.12. The Labute approximate surface area is 170 Å². The molecule has 0 aliphatic carbocycles. The summed E-state index contributed by atoms with van der Waals surface area (Å²) in [4.78, 5) is 37.6. The van der Waals surface area contributed by atoms with E-state index in [1.54, 1.807) is 0 Å². The molecule has 0 bridgehead atoms. The predicted octanol–water partition coefficient (Wildman–Crippen LogP) is 3.76. The summed E-state index contributed by atoms with van der Waals surface area (Å²) in [6.07, 6.45) is -0.536. The monoisotopic (exact) mass is 395 g/mol. The van der Waals surface area contributed by atoms with Crippen LogP contribution in [0, 0.1) is 5.92 Å². The van der Waals surface area contributed by atoms with Gasteiger partial charge in [0.25, 0.3) is 0 Å². The molecule has 0 radical (unpaired) electrons. The van der Waals surface area contributed by atoms with Crippen LogP contribution in [-0.4, -0.2) is 42.1 Å². The SMILES string of the molecule is CC(=O)OC[C@@H](C)CC(=O)N1C(=O)OC[C@H]1C(c1ccccc1)c1ccccc1. The van der Waals surface area contributed by atoms with Gasteiger partial charge in [0, 0.05) is 19.3 Å². The van der Waals surface area contributed by atoms with Gasteiger partial charge in [-0.25, -0.2) is 9.69 Å². The normalized spacial score (nSPS) is 17.1. The Morgan fingerprint density at radius 1 is 1.07 bits per heavy atom. The Kier molecular flexibility index (Phi) is 6.65. The third-order valence-corrected chi connectivity index (χ3v) is 4.97. The van der Waals surface area contributed by atoms with E-state index in [9.17, 15) is 14.4 Å². The first-order chi connectivity index (χ1) is 14.0. The van der Waals surface area contributed by atoms with Crippen LogP contribution in [0.25, 0.3) is 0 Å². The lowest BCUT2D eigenvalue weighted by molar-refractivity contribution is -0.143. The smallest absolute Gasteiger partial charge is 0.417 e. The maximum absolute atomic E-state index is 13.0. The zero-order valence-electron chi connectivity index (χ0n) is 16.6. The van der Waals surface area contributed by atoms with E-state index < -0.39 is 18.1 Å². The molecule has 1 heterocycles. The summed E-state index contributed by atoms with van der Waals surface area (Å²) in [5, 5.41) is 0. The molecule has 1 aliphatic rings. The number of nitrogens with zero attached hydrogens (tertiary/aromatic N) is 1. The van der Waals surface area contributed by atoms with Crippen LogP contribution in [0.5, 0.6) is 0 Å². The van der Waals surface area contributed by atoms with Gasteiger partial charge >= 0.3 is 12.1 Å². The first-order valence-electron chi connectivity index (χ1n) is 9.69. The lowest BCUT2D eigenvalue weighted by Gasteiger charge is -2.29. The summed E-state index contributed by atoms with van der Waals surface area (Å²) < 4.78 is 10.3. The number of hydrogen-bond donors (Lipinski definition) is 0. The molecule has 6 heteroatoms. The van der Waals surface area contributed by atoms with E-state index in [2.05, 4.69) is 0 Å². The second-order valence-electron chi connectivity index (χ2n) is 7.32. The molecule has 6 nitrogen and oxygen atoms in total. The highest BCUT2D eigenvalue weighted by molar-refractivity contribution is 5.94. The molecule has 0 aromatic heterocycles. The number of amides is 2. The Balaban J connectivity index is 1.86. The molecular formula is C23H25NO5. The molecule has 2 atom stereocenters. The van der Waals surface area contributed by atoms with Gasteiger partial charge in [0.15, 0.2) is 0 Å².